The molecule has 3 N–H and O–H groups in total. The van der Waals surface area contributed by atoms with Crippen molar-refractivity contribution >= 4 is 23.0 Å². The molecule has 0 aliphatic carbocycles. The Balaban J connectivity index is 3.00. The van der Waals surface area contributed by atoms with Crippen molar-refractivity contribution in [3.05, 3.63) is 29.6 Å². The van der Waals surface area contributed by atoms with E-state index in [0.29, 0.717) is 5.56 Å². The fourth-order valence-corrected chi connectivity index (χ4v) is 0.949. The number of nitrogens with one attached hydrogen (secondary N) is 1. The monoisotopic (exact) mass is 194 g/mol. The fraction of sp³-hybridized carbons (Fsp3) is 0. The maximum Gasteiger partial charge on any atom is 0.168 e. The lowest BCUT2D eigenvalue weighted by Crippen LogP contribution is -2.19. The van der Waals surface area contributed by atoms with Crippen LogP contribution in [0.15, 0.2) is 18.2 Å². The minimum Gasteiger partial charge on any atom is -0.376 e. The molecule has 4 heteroatoms. The molecular formula is C9H7FN2S. The second-order valence-corrected chi connectivity index (χ2v) is 2.77. The first kappa shape index (κ1) is 9.49. The molecule has 0 amide bonds. The highest BCUT2D eigenvalue weighted by atomic mass is 32.1. The van der Waals surface area contributed by atoms with E-state index in [4.69, 9.17) is 12.2 Å². The molecule has 1 rings (SSSR count). The minimum absolute atomic E-state index is 0.0207. The number of rotatable bonds is 1. The van der Waals surface area contributed by atoms with Crippen LogP contribution in [0.3, 0.4) is 0 Å². The summed E-state index contributed by atoms with van der Waals surface area (Å²) in [7, 11) is 0. The van der Waals surface area contributed by atoms with E-state index in [9.17, 15) is 4.39 Å². The highest BCUT2D eigenvalue weighted by Crippen LogP contribution is 2.14. The third kappa shape index (κ3) is 2.42. The van der Waals surface area contributed by atoms with Gasteiger partial charge in [-0.2, -0.15) is 0 Å². The standard InChI is InChI=1S/C9H7FN2S/c1-2-6-3-4-8(7(10)5-6)12-9(11)13/h1,3-5H,(H3,11,12,13). The third-order valence-electron chi connectivity index (χ3n) is 1.39. The lowest BCUT2D eigenvalue weighted by atomic mass is 10.2. The van der Waals surface area contributed by atoms with Gasteiger partial charge in [-0.05, 0) is 30.4 Å². The summed E-state index contributed by atoms with van der Waals surface area (Å²) in [5.74, 6) is 1.85. The highest BCUT2D eigenvalue weighted by Gasteiger charge is 2.02. The molecule has 66 valence electrons. The predicted molar refractivity (Wildman–Crippen MR) is 54.7 cm³/mol. The van der Waals surface area contributed by atoms with Crippen LogP contribution in [0.1, 0.15) is 5.56 Å². The van der Waals surface area contributed by atoms with E-state index in [-0.39, 0.29) is 10.8 Å². The molecule has 0 unspecified atom stereocenters. The van der Waals surface area contributed by atoms with Crippen molar-refractivity contribution in [1.29, 1.82) is 0 Å². The molecule has 0 atom stereocenters. The van der Waals surface area contributed by atoms with E-state index in [0.717, 1.165) is 0 Å². The van der Waals surface area contributed by atoms with Crippen molar-refractivity contribution in [2.24, 2.45) is 5.73 Å². The Bertz CT molecular complexity index is 382. The summed E-state index contributed by atoms with van der Waals surface area (Å²) in [6, 6.07) is 4.33. The van der Waals surface area contributed by atoms with E-state index < -0.39 is 5.82 Å². The van der Waals surface area contributed by atoms with E-state index in [1.807, 2.05) is 0 Å². The second kappa shape index (κ2) is 3.87. The van der Waals surface area contributed by atoms with Crippen LogP contribution in [0.2, 0.25) is 0 Å². The van der Waals surface area contributed by atoms with E-state index in [1.165, 1.54) is 12.1 Å². The molecular weight excluding hydrogens is 187 g/mol. The number of nitrogens with two attached hydrogens (primary N) is 1. The van der Waals surface area contributed by atoms with Gasteiger partial charge in [0.1, 0.15) is 5.82 Å². The zero-order chi connectivity index (χ0) is 9.84. The smallest absolute Gasteiger partial charge is 0.168 e. The molecule has 0 saturated carbocycles. The summed E-state index contributed by atoms with van der Waals surface area (Å²) >= 11 is 4.56. The Morgan fingerprint density at radius 3 is 2.77 bits per heavy atom. The van der Waals surface area contributed by atoms with Gasteiger partial charge in [0.05, 0.1) is 5.69 Å². The van der Waals surface area contributed by atoms with Crippen molar-refractivity contribution < 1.29 is 4.39 Å². The summed E-state index contributed by atoms with van der Waals surface area (Å²) in [4.78, 5) is 0. The molecule has 0 aliphatic rings. The average Bonchev–Trinajstić information content (AvgIpc) is 2.08. The summed E-state index contributed by atoms with van der Waals surface area (Å²) in [5, 5.41) is 2.51. The molecule has 1 aromatic rings. The van der Waals surface area contributed by atoms with Crippen LogP contribution in [0, 0.1) is 18.2 Å². The zero-order valence-corrected chi connectivity index (χ0v) is 7.49. The van der Waals surface area contributed by atoms with Gasteiger partial charge in [0.2, 0.25) is 0 Å². The molecule has 1 aromatic carbocycles. The first-order valence-electron chi connectivity index (χ1n) is 3.46. The zero-order valence-electron chi connectivity index (χ0n) is 6.67. The Hall–Kier alpha value is -1.60. The molecule has 0 saturated heterocycles. The second-order valence-electron chi connectivity index (χ2n) is 2.33. The Morgan fingerprint density at radius 2 is 2.31 bits per heavy atom. The van der Waals surface area contributed by atoms with Gasteiger partial charge in [0.15, 0.2) is 5.11 Å². The first-order valence-corrected chi connectivity index (χ1v) is 3.87. The molecule has 0 bridgehead atoms. The normalized spacial score (nSPS) is 8.92. The number of hydrogen-bond acceptors (Lipinski definition) is 1. The summed E-state index contributed by atoms with van der Waals surface area (Å²) in [6.45, 7) is 0. The molecule has 2 nitrogen and oxygen atoms in total. The summed E-state index contributed by atoms with van der Waals surface area (Å²) in [6.07, 6.45) is 5.08. The van der Waals surface area contributed by atoms with Crippen LogP contribution in [0.4, 0.5) is 10.1 Å². The van der Waals surface area contributed by atoms with Crippen molar-refractivity contribution in [3.63, 3.8) is 0 Å². The van der Waals surface area contributed by atoms with Crippen LogP contribution in [-0.4, -0.2) is 5.11 Å². The maximum absolute atomic E-state index is 13.1. The maximum atomic E-state index is 13.1. The van der Waals surface area contributed by atoms with Crippen LogP contribution in [0.5, 0.6) is 0 Å². The molecule has 0 fully saturated rings. The highest BCUT2D eigenvalue weighted by molar-refractivity contribution is 7.80. The van der Waals surface area contributed by atoms with Gasteiger partial charge in [0, 0.05) is 5.56 Å². The van der Waals surface area contributed by atoms with Crippen LogP contribution in [0.25, 0.3) is 0 Å². The number of hydrogen-bond donors (Lipinski definition) is 2. The van der Waals surface area contributed by atoms with Crippen LogP contribution in [-0.2, 0) is 0 Å². The average molecular weight is 194 g/mol. The van der Waals surface area contributed by atoms with Crippen LogP contribution < -0.4 is 11.1 Å². The van der Waals surface area contributed by atoms with E-state index in [2.05, 4.69) is 23.5 Å². The minimum atomic E-state index is -0.469. The lowest BCUT2D eigenvalue weighted by molar-refractivity contribution is 0.632. The van der Waals surface area contributed by atoms with E-state index >= 15 is 0 Å². The molecule has 0 radical (unpaired) electrons. The number of terminal acetylenes is 1. The number of thiocarbonyl (C=S) groups is 1. The van der Waals surface area contributed by atoms with E-state index in [1.54, 1.807) is 6.07 Å². The van der Waals surface area contributed by atoms with Crippen molar-refractivity contribution in [1.82, 2.24) is 0 Å². The van der Waals surface area contributed by atoms with Gasteiger partial charge in [-0.1, -0.05) is 5.92 Å². The number of halogens is 1. The van der Waals surface area contributed by atoms with Crippen molar-refractivity contribution in [2.45, 2.75) is 0 Å². The van der Waals surface area contributed by atoms with Gasteiger partial charge in [-0.15, -0.1) is 6.42 Å². The number of anilines is 1. The fourth-order valence-electron chi connectivity index (χ4n) is 0.839. The number of benzene rings is 1. The molecule has 0 aliphatic heterocycles. The molecule has 0 heterocycles. The van der Waals surface area contributed by atoms with Gasteiger partial charge in [-0.3, -0.25) is 0 Å². The van der Waals surface area contributed by atoms with Gasteiger partial charge in [0.25, 0.3) is 0 Å². The molecule has 0 aromatic heterocycles. The summed E-state index contributed by atoms with van der Waals surface area (Å²) in [5.41, 5.74) is 5.88. The van der Waals surface area contributed by atoms with Gasteiger partial charge in [-0.25, -0.2) is 4.39 Å². The topological polar surface area (TPSA) is 38.0 Å². The molecule has 13 heavy (non-hydrogen) atoms. The van der Waals surface area contributed by atoms with Gasteiger partial charge < -0.3 is 11.1 Å². The van der Waals surface area contributed by atoms with Crippen LogP contribution >= 0.6 is 12.2 Å². The SMILES string of the molecule is C#Cc1ccc(NC(N)=S)c(F)c1. The predicted octanol–water partition coefficient (Wildman–Crippen LogP) is 1.46. The molecule has 0 spiro atoms. The Kier molecular flexibility index (Phi) is 2.83. The third-order valence-corrected chi connectivity index (χ3v) is 1.50. The lowest BCUT2D eigenvalue weighted by Gasteiger charge is -2.04. The van der Waals surface area contributed by atoms with Crippen molar-refractivity contribution in [3.8, 4) is 12.3 Å². The largest absolute Gasteiger partial charge is 0.376 e. The first-order chi connectivity index (χ1) is 6.13. The summed E-state index contributed by atoms with van der Waals surface area (Å²) < 4.78 is 13.1. The Morgan fingerprint density at radius 1 is 1.62 bits per heavy atom. The Labute approximate surface area is 80.9 Å². The quantitative estimate of drug-likeness (QED) is 0.525. The van der Waals surface area contributed by atoms with Gasteiger partial charge >= 0.3 is 0 Å². The van der Waals surface area contributed by atoms with Crippen molar-refractivity contribution in [2.75, 3.05) is 5.32 Å².